The van der Waals surface area contributed by atoms with Gasteiger partial charge in [-0.25, -0.2) is 4.39 Å². The average Bonchev–Trinajstić information content (AvgIpc) is 2.57. The first kappa shape index (κ1) is 8.45. The largest absolute Gasteiger partial charge is 0.371 e. The molecule has 2 aliphatic heterocycles. The van der Waals surface area contributed by atoms with E-state index in [-0.39, 0.29) is 11.7 Å². The Kier molecular flexibility index (Phi) is 1.70. The second-order valence-electron chi connectivity index (χ2n) is 3.80. The van der Waals surface area contributed by atoms with Crippen LogP contribution in [0, 0.1) is 5.41 Å². The van der Waals surface area contributed by atoms with Crippen LogP contribution >= 0.6 is 11.6 Å². The summed E-state index contributed by atoms with van der Waals surface area (Å²) in [4.78, 5) is 11.3. The molecule has 0 aromatic rings. The maximum Gasteiger partial charge on any atom is 0.156 e. The predicted molar refractivity (Wildman–Crippen MR) is 42.1 cm³/mol. The van der Waals surface area contributed by atoms with E-state index in [0.29, 0.717) is 19.4 Å². The summed E-state index contributed by atoms with van der Waals surface area (Å²) in [6.45, 7) is -0.118. The third-order valence-corrected chi connectivity index (χ3v) is 3.17. The fourth-order valence-corrected chi connectivity index (χ4v) is 2.51. The SMILES string of the molecule is O=C(CCl)C12COC(CF)(C1)C2. The van der Waals surface area contributed by atoms with E-state index in [9.17, 15) is 9.18 Å². The quantitative estimate of drug-likeness (QED) is 0.631. The minimum absolute atomic E-state index is 0.00532. The van der Waals surface area contributed by atoms with Crippen molar-refractivity contribution in [2.75, 3.05) is 19.2 Å². The van der Waals surface area contributed by atoms with Crippen molar-refractivity contribution in [3.8, 4) is 0 Å². The number of Topliss-reactive ketones (excluding diaryl/α,β-unsaturated/α-hetero) is 1. The number of fused-ring (bicyclic) bond motifs is 1. The first-order chi connectivity index (χ1) is 5.66. The first-order valence-electron chi connectivity index (χ1n) is 3.96. The second-order valence-corrected chi connectivity index (χ2v) is 4.06. The van der Waals surface area contributed by atoms with Crippen LogP contribution in [0.25, 0.3) is 0 Å². The molecule has 2 nitrogen and oxygen atoms in total. The van der Waals surface area contributed by atoms with E-state index in [4.69, 9.17) is 16.3 Å². The van der Waals surface area contributed by atoms with Crippen molar-refractivity contribution in [3.05, 3.63) is 0 Å². The highest BCUT2D eigenvalue weighted by molar-refractivity contribution is 6.28. The Morgan fingerprint density at radius 1 is 1.58 bits per heavy atom. The van der Waals surface area contributed by atoms with Gasteiger partial charge >= 0.3 is 0 Å². The Bertz CT molecular complexity index is 223. The molecule has 0 spiro atoms. The number of rotatable bonds is 3. The van der Waals surface area contributed by atoms with Crippen LogP contribution in [0.15, 0.2) is 0 Å². The van der Waals surface area contributed by atoms with Gasteiger partial charge in [-0.3, -0.25) is 4.79 Å². The van der Waals surface area contributed by atoms with Gasteiger partial charge in [0.25, 0.3) is 0 Å². The van der Waals surface area contributed by atoms with E-state index in [1.54, 1.807) is 0 Å². The van der Waals surface area contributed by atoms with Crippen LogP contribution in [0.5, 0.6) is 0 Å². The molecule has 12 heavy (non-hydrogen) atoms. The molecule has 68 valence electrons. The maximum absolute atomic E-state index is 12.4. The highest BCUT2D eigenvalue weighted by Gasteiger charge is 2.65. The fraction of sp³-hybridized carbons (Fsp3) is 0.875. The topological polar surface area (TPSA) is 26.3 Å². The molecule has 2 saturated heterocycles. The summed E-state index contributed by atoms with van der Waals surface area (Å²) in [6, 6.07) is 0. The highest BCUT2D eigenvalue weighted by Crippen LogP contribution is 2.58. The number of alkyl halides is 2. The van der Waals surface area contributed by atoms with E-state index in [1.807, 2.05) is 0 Å². The van der Waals surface area contributed by atoms with Gasteiger partial charge in [-0.1, -0.05) is 0 Å². The fourth-order valence-electron chi connectivity index (χ4n) is 2.23. The monoisotopic (exact) mass is 192 g/mol. The van der Waals surface area contributed by atoms with Gasteiger partial charge < -0.3 is 4.74 Å². The zero-order chi connectivity index (χ0) is 8.82. The van der Waals surface area contributed by atoms with Gasteiger partial charge in [0.05, 0.1) is 23.5 Å². The van der Waals surface area contributed by atoms with E-state index >= 15 is 0 Å². The molecular formula is C8H10ClFO2. The van der Waals surface area contributed by atoms with E-state index in [0.717, 1.165) is 0 Å². The molecular weight excluding hydrogens is 183 g/mol. The molecule has 3 rings (SSSR count). The number of hydrogen-bond acceptors (Lipinski definition) is 2. The number of carbonyl (C=O) groups is 1. The Morgan fingerprint density at radius 2 is 2.25 bits per heavy atom. The molecule has 0 aromatic heterocycles. The van der Waals surface area contributed by atoms with Crippen LogP contribution < -0.4 is 0 Å². The summed E-state index contributed by atoms with van der Waals surface area (Å²) < 4.78 is 17.6. The first-order valence-corrected chi connectivity index (χ1v) is 4.49. The molecule has 1 saturated carbocycles. The van der Waals surface area contributed by atoms with Crippen molar-refractivity contribution in [1.29, 1.82) is 0 Å². The van der Waals surface area contributed by atoms with Crippen molar-refractivity contribution in [3.63, 3.8) is 0 Å². The van der Waals surface area contributed by atoms with E-state index in [1.165, 1.54) is 0 Å². The summed E-state index contributed by atoms with van der Waals surface area (Å²) in [5.74, 6) is 0.0249. The lowest BCUT2D eigenvalue weighted by molar-refractivity contribution is -0.131. The van der Waals surface area contributed by atoms with Gasteiger partial charge in [-0.2, -0.15) is 0 Å². The Labute approximate surface area is 75.0 Å². The molecule has 4 heteroatoms. The van der Waals surface area contributed by atoms with Crippen molar-refractivity contribution >= 4 is 17.4 Å². The molecule has 0 atom stereocenters. The summed E-state index contributed by atoms with van der Waals surface area (Å²) in [5.41, 5.74) is -1.05. The minimum atomic E-state index is -0.623. The standard InChI is InChI=1S/C8H10ClFO2/c9-1-6(11)7-2-8(3-7,4-10)12-5-7/h1-5H2. The minimum Gasteiger partial charge on any atom is -0.371 e. The lowest BCUT2D eigenvalue weighted by Crippen LogP contribution is -2.50. The van der Waals surface area contributed by atoms with Gasteiger partial charge in [0.2, 0.25) is 0 Å². The zero-order valence-electron chi connectivity index (χ0n) is 6.61. The van der Waals surface area contributed by atoms with Gasteiger partial charge in [0.15, 0.2) is 5.78 Å². The molecule has 3 aliphatic rings. The molecule has 2 bridgehead atoms. The molecule has 0 amide bonds. The van der Waals surface area contributed by atoms with Crippen molar-refractivity contribution in [2.24, 2.45) is 5.41 Å². The van der Waals surface area contributed by atoms with E-state index in [2.05, 4.69) is 0 Å². The molecule has 1 aliphatic carbocycles. The van der Waals surface area contributed by atoms with Crippen molar-refractivity contribution in [1.82, 2.24) is 0 Å². The van der Waals surface area contributed by atoms with Crippen LogP contribution in [0.4, 0.5) is 4.39 Å². The number of ether oxygens (including phenoxy) is 1. The lowest BCUT2D eigenvalue weighted by atomic mass is 9.61. The van der Waals surface area contributed by atoms with Gasteiger partial charge in [-0.05, 0) is 12.8 Å². The maximum atomic E-state index is 12.4. The Morgan fingerprint density at radius 3 is 2.67 bits per heavy atom. The van der Waals surface area contributed by atoms with E-state index < -0.39 is 17.7 Å². The van der Waals surface area contributed by atoms with Gasteiger partial charge in [0.1, 0.15) is 6.67 Å². The molecule has 2 heterocycles. The average molecular weight is 193 g/mol. The number of carbonyl (C=O) groups excluding carboxylic acids is 1. The zero-order valence-corrected chi connectivity index (χ0v) is 7.36. The van der Waals surface area contributed by atoms with Crippen molar-refractivity contribution < 1.29 is 13.9 Å². The molecule has 0 unspecified atom stereocenters. The van der Waals surface area contributed by atoms with Crippen molar-refractivity contribution in [2.45, 2.75) is 18.4 Å². The third-order valence-electron chi connectivity index (χ3n) is 2.93. The highest BCUT2D eigenvalue weighted by atomic mass is 35.5. The molecule has 0 aromatic carbocycles. The van der Waals surface area contributed by atoms with Crippen LogP contribution in [0.1, 0.15) is 12.8 Å². The summed E-state index contributed by atoms with van der Waals surface area (Å²) >= 11 is 5.44. The Balaban J connectivity index is 2.09. The van der Waals surface area contributed by atoms with Crippen LogP contribution in [0.3, 0.4) is 0 Å². The van der Waals surface area contributed by atoms with Gasteiger partial charge in [0, 0.05) is 0 Å². The summed E-state index contributed by atoms with van der Waals surface area (Å²) in [6.07, 6.45) is 1.06. The number of hydrogen-bond donors (Lipinski definition) is 0. The molecule has 0 N–H and O–H groups in total. The van der Waals surface area contributed by atoms with Crippen LogP contribution in [-0.4, -0.2) is 30.5 Å². The van der Waals surface area contributed by atoms with Gasteiger partial charge in [-0.15, -0.1) is 11.6 Å². The summed E-state index contributed by atoms with van der Waals surface area (Å²) in [7, 11) is 0. The Hall–Kier alpha value is -0.150. The predicted octanol–water partition coefficient (Wildman–Crippen LogP) is 1.31. The third kappa shape index (κ3) is 0.866. The van der Waals surface area contributed by atoms with Crippen LogP contribution in [0.2, 0.25) is 0 Å². The molecule has 0 radical (unpaired) electrons. The normalized spacial score (nSPS) is 44.2. The number of halogens is 2. The van der Waals surface area contributed by atoms with Crippen LogP contribution in [-0.2, 0) is 9.53 Å². The number of ketones is 1. The summed E-state index contributed by atoms with van der Waals surface area (Å²) in [5, 5.41) is 0. The molecule has 3 fully saturated rings. The smallest absolute Gasteiger partial charge is 0.156 e. The lowest BCUT2D eigenvalue weighted by Gasteiger charge is -2.41. The second kappa shape index (κ2) is 2.42.